The lowest BCUT2D eigenvalue weighted by Crippen LogP contribution is -2.49. The van der Waals surface area contributed by atoms with Gasteiger partial charge >= 0.3 is 0 Å². The average molecular weight is 589 g/mol. The monoisotopic (exact) mass is 588 g/mol. The SMILES string of the molecule is CCCN(CCC)C(=O)[C@@H]1[C@@H](CC(N)=O)[C@H]1C(=O)N[C@@H](Cc1cc(F)cc(F)c1)[C@H](O)CNCc1cccc(OC)c1. The second kappa shape index (κ2) is 15.6. The molecule has 2 aromatic rings. The van der Waals surface area contributed by atoms with Gasteiger partial charge in [-0.3, -0.25) is 14.4 Å². The molecule has 5 N–H and O–H groups in total. The van der Waals surface area contributed by atoms with Crippen molar-refractivity contribution in [2.24, 2.45) is 23.5 Å². The molecule has 0 radical (unpaired) electrons. The third-order valence-electron chi connectivity index (χ3n) is 7.48. The molecule has 0 spiro atoms. The maximum Gasteiger partial charge on any atom is 0.226 e. The van der Waals surface area contributed by atoms with Crippen LogP contribution in [0.1, 0.15) is 44.2 Å². The highest BCUT2D eigenvalue weighted by atomic mass is 19.1. The molecule has 0 bridgehead atoms. The molecule has 0 heterocycles. The van der Waals surface area contributed by atoms with Gasteiger partial charge in [-0.25, -0.2) is 8.78 Å². The molecular weight excluding hydrogens is 546 g/mol. The first-order valence-electron chi connectivity index (χ1n) is 14.4. The molecule has 1 fully saturated rings. The Morgan fingerprint density at radius 1 is 1.02 bits per heavy atom. The second-order valence-electron chi connectivity index (χ2n) is 10.9. The smallest absolute Gasteiger partial charge is 0.226 e. The Labute approximate surface area is 245 Å². The van der Waals surface area contributed by atoms with Crippen molar-refractivity contribution in [3.8, 4) is 5.75 Å². The van der Waals surface area contributed by atoms with E-state index in [-0.39, 0.29) is 30.9 Å². The van der Waals surface area contributed by atoms with Crippen LogP contribution in [0.25, 0.3) is 0 Å². The number of halogens is 2. The Morgan fingerprint density at radius 3 is 2.29 bits per heavy atom. The van der Waals surface area contributed by atoms with E-state index in [1.165, 1.54) is 0 Å². The van der Waals surface area contributed by atoms with E-state index in [1.807, 2.05) is 38.1 Å². The number of aliphatic hydroxyl groups is 1. The number of nitrogens with one attached hydrogen (secondary N) is 2. The van der Waals surface area contributed by atoms with Gasteiger partial charge in [0.05, 0.1) is 31.1 Å². The largest absolute Gasteiger partial charge is 0.497 e. The fraction of sp³-hybridized carbons (Fsp3) is 0.516. The number of hydrogen-bond acceptors (Lipinski definition) is 6. The molecule has 11 heteroatoms. The Bertz CT molecular complexity index is 1200. The van der Waals surface area contributed by atoms with Crippen LogP contribution in [-0.2, 0) is 27.3 Å². The lowest BCUT2D eigenvalue weighted by Gasteiger charge is -2.25. The third kappa shape index (κ3) is 9.22. The second-order valence-corrected chi connectivity index (χ2v) is 10.9. The maximum absolute atomic E-state index is 13.9. The summed E-state index contributed by atoms with van der Waals surface area (Å²) in [4.78, 5) is 40.3. The number of nitrogens with two attached hydrogens (primary N) is 1. The van der Waals surface area contributed by atoms with Gasteiger partial charge in [0.2, 0.25) is 17.7 Å². The highest BCUT2D eigenvalue weighted by Gasteiger charge is 2.60. The predicted molar refractivity (Wildman–Crippen MR) is 154 cm³/mol. The molecule has 9 nitrogen and oxygen atoms in total. The number of nitrogens with zero attached hydrogens (tertiary/aromatic N) is 1. The van der Waals surface area contributed by atoms with Crippen molar-refractivity contribution in [3.05, 3.63) is 65.2 Å². The number of ether oxygens (including phenoxy) is 1. The molecule has 0 aromatic heterocycles. The summed E-state index contributed by atoms with van der Waals surface area (Å²) in [5.74, 6) is -4.25. The van der Waals surface area contributed by atoms with Crippen LogP contribution >= 0.6 is 0 Å². The molecule has 1 saturated carbocycles. The van der Waals surface area contributed by atoms with Crippen LogP contribution < -0.4 is 21.1 Å². The van der Waals surface area contributed by atoms with E-state index >= 15 is 0 Å². The van der Waals surface area contributed by atoms with Crippen LogP contribution in [0, 0.1) is 29.4 Å². The van der Waals surface area contributed by atoms with Crippen molar-refractivity contribution >= 4 is 17.7 Å². The Hall–Kier alpha value is -3.57. The zero-order chi connectivity index (χ0) is 30.8. The number of benzene rings is 2. The molecule has 3 amide bonds. The minimum atomic E-state index is -1.15. The van der Waals surface area contributed by atoms with Gasteiger partial charge < -0.3 is 31.1 Å². The van der Waals surface area contributed by atoms with E-state index in [0.29, 0.717) is 25.4 Å². The number of primary amides is 1. The maximum atomic E-state index is 13.9. The molecule has 1 aliphatic carbocycles. The van der Waals surface area contributed by atoms with Crippen LogP contribution in [0.4, 0.5) is 8.78 Å². The van der Waals surface area contributed by atoms with Crippen molar-refractivity contribution in [1.82, 2.24) is 15.5 Å². The van der Waals surface area contributed by atoms with Crippen molar-refractivity contribution in [2.45, 2.75) is 58.2 Å². The number of carbonyl (C=O) groups excluding carboxylic acids is 3. The van der Waals surface area contributed by atoms with Crippen LogP contribution in [0.15, 0.2) is 42.5 Å². The molecule has 0 saturated heterocycles. The zero-order valence-electron chi connectivity index (χ0n) is 24.4. The summed E-state index contributed by atoms with van der Waals surface area (Å²) < 4.78 is 33.1. The Balaban J connectivity index is 1.76. The van der Waals surface area contributed by atoms with Crippen molar-refractivity contribution in [3.63, 3.8) is 0 Å². The first kappa shape index (κ1) is 32.9. The van der Waals surface area contributed by atoms with Crippen LogP contribution in [-0.4, -0.2) is 66.6 Å². The molecule has 42 heavy (non-hydrogen) atoms. The average Bonchev–Trinajstić information content (AvgIpc) is 3.64. The predicted octanol–water partition coefficient (Wildman–Crippen LogP) is 2.54. The molecule has 5 atom stereocenters. The van der Waals surface area contributed by atoms with Crippen molar-refractivity contribution in [2.75, 3.05) is 26.7 Å². The van der Waals surface area contributed by atoms with Crippen LogP contribution in [0.5, 0.6) is 5.75 Å². The van der Waals surface area contributed by atoms with E-state index in [1.54, 1.807) is 12.0 Å². The van der Waals surface area contributed by atoms with E-state index in [4.69, 9.17) is 10.5 Å². The van der Waals surface area contributed by atoms with Gasteiger partial charge in [0.1, 0.15) is 17.4 Å². The number of amides is 3. The molecular formula is C31H42F2N4O5. The summed E-state index contributed by atoms with van der Waals surface area (Å²) in [5.41, 5.74) is 6.59. The van der Waals surface area contributed by atoms with Gasteiger partial charge in [-0.1, -0.05) is 26.0 Å². The summed E-state index contributed by atoms with van der Waals surface area (Å²) in [6, 6.07) is 9.48. The lowest BCUT2D eigenvalue weighted by atomic mass is 10.00. The van der Waals surface area contributed by atoms with Gasteiger partial charge in [-0.05, 0) is 60.6 Å². The first-order valence-corrected chi connectivity index (χ1v) is 14.4. The van der Waals surface area contributed by atoms with E-state index in [2.05, 4.69) is 10.6 Å². The van der Waals surface area contributed by atoms with E-state index < -0.39 is 53.3 Å². The topological polar surface area (TPSA) is 134 Å². The molecule has 230 valence electrons. The van der Waals surface area contributed by atoms with E-state index in [0.717, 1.165) is 36.6 Å². The number of carbonyl (C=O) groups is 3. The molecule has 1 aliphatic rings. The Morgan fingerprint density at radius 2 is 1.69 bits per heavy atom. The van der Waals surface area contributed by atoms with Gasteiger partial charge in [0.25, 0.3) is 0 Å². The van der Waals surface area contributed by atoms with Gasteiger partial charge in [-0.2, -0.15) is 0 Å². The van der Waals surface area contributed by atoms with Gasteiger partial charge in [0.15, 0.2) is 0 Å². The minimum absolute atomic E-state index is 0.0540. The minimum Gasteiger partial charge on any atom is -0.497 e. The molecule has 2 aromatic carbocycles. The fourth-order valence-electron chi connectivity index (χ4n) is 5.47. The summed E-state index contributed by atoms with van der Waals surface area (Å²) in [6.07, 6.45) is 0.163. The molecule has 3 rings (SSSR count). The molecule has 0 unspecified atom stereocenters. The zero-order valence-corrected chi connectivity index (χ0v) is 24.4. The number of rotatable bonds is 17. The number of methoxy groups -OCH3 is 1. The van der Waals surface area contributed by atoms with Crippen molar-refractivity contribution < 1.29 is 33.0 Å². The summed E-state index contributed by atoms with van der Waals surface area (Å²) in [5, 5.41) is 17.1. The van der Waals surface area contributed by atoms with Crippen molar-refractivity contribution in [1.29, 1.82) is 0 Å². The standard InChI is InChI=1S/C31H42F2N4O5/c1-4-9-37(10-5-2)31(41)29-24(16-27(34)39)28(29)30(40)36-25(14-20-11-21(32)15-22(33)12-20)26(38)18-35-17-19-7-6-8-23(13-19)42-3/h6-8,11-13,15,24-26,28-29,35,38H,4-5,9-10,14,16-18H2,1-3H3,(H2,34,39)(H,36,40)/t24-,25-,26+,28+,29+/m0/s1. The number of aliphatic hydroxyl groups excluding tert-OH is 1. The highest BCUT2D eigenvalue weighted by Crippen LogP contribution is 2.50. The quantitative estimate of drug-likeness (QED) is 0.225. The lowest BCUT2D eigenvalue weighted by molar-refractivity contribution is -0.135. The number of hydrogen-bond donors (Lipinski definition) is 4. The van der Waals surface area contributed by atoms with Crippen LogP contribution in [0.2, 0.25) is 0 Å². The first-order chi connectivity index (χ1) is 20.1. The van der Waals surface area contributed by atoms with Gasteiger partial charge in [-0.15, -0.1) is 0 Å². The van der Waals surface area contributed by atoms with Crippen LogP contribution in [0.3, 0.4) is 0 Å². The fourth-order valence-corrected chi connectivity index (χ4v) is 5.47. The highest BCUT2D eigenvalue weighted by molar-refractivity contribution is 5.94. The summed E-state index contributed by atoms with van der Waals surface area (Å²) in [7, 11) is 1.57. The summed E-state index contributed by atoms with van der Waals surface area (Å²) >= 11 is 0. The van der Waals surface area contributed by atoms with E-state index in [9.17, 15) is 28.3 Å². The molecule has 0 aliphatic heterocycles. The van der Waals surface area contributed by atoms with Gasteiger partial charge in [0, 0.05) is 38.7 Å². The summed E-state index contributed by atoms with van der Waals surface area (Å²) in [6.45, 7) is 5.43. The normalized spacial score (nSPS) is 19.0. The Kier molecular flexibility index (Phi) is 12.2. The third-order valence-corrected chi connectivity index (χ3v) is 7.48.